The van der Waals surface area contributed by atoms with Crippen LogP contribution in [0.4, 0.5) is 6.01 Å². The van der Waals surface area contributed by atoms with Crippen molar-refractivity contribution < 1.29 is 9.32 Å². The van der Waals surface area contributed by atoms with Crippen LogP contribution in [0, 0.1) is 11.8 Å². The monoisotopic (exact) mass is 446 g/mol. The zero-order valence-corrected chi connectivity index (χ0v) is 19.1. The number of aromatic nitrogens is 1. The first-order chi connectivity index (χ1) is 14.5. The molecule has 1 unspecified atom stereocenters. The molecular formula is C24H30Cl2N3O+. The van der Waals surface area contributed by atoms with Gasteiger partial charge in [0.15, 0.2) is 5.58 Å². The van der Waals surface area contributed by atoms with Crippen molar-refractivity contribution >= 4 is 40.3 Å². The van der Waals surface area contributed by atoms with Crippen molar-refractivity contribution in [3.63, 3.8) is 0 Å². The largest absolute Gasteiger partial charge is 0.424 e. The molecular weight excluding hydrogens is 417 g/mol. The Morgan fingerprint density at radius 1 is 1.10 bits per heavy atom. The Kier molecular flexibility index (Phi) is 6.87. The van der Waals surface area contributed by atoms with Crippen molar-refractivity contribution in [2.75, 3.05) is 25.0 Å². The van der Waals surface area contributed by atoms with Crippen molar-refractivity contribution in [3.05, 3.63) is 58.1 Å². The molecule has 160 valence electrons. The first kappa shape index (κ1) is 21.5. The van der Waals surface area contributed by atoms with Crippen LogP contribution in [-0.4, -0.2) is 30.7 Å². The molecule has 6 heteroatoms. The maximum absolute atomic E-state index is 6.18. The fourth-order valence-electron chi connectivity index (χ4n) is 4.35. The van der Waals surface area contributed by atoms with Gasteiger partial charge in [-0.2, -0.15) is 4.98 Å². The summed E-state index contributed by atoms with van der Waals surface area (Å²) in [4.78, 5) is 6.25. The molecule has 30 heavy (non-hydrogen) atoms. The summed E-state index contributed by atoms with van der Waals surface area (Å²) in [5.41, 5.74) is 3.02. The predicted octanol–water partition coefficient (Wildman–Crippen LogP) is 5.11. The van der Waals surface area contributed by atoms with Gasteiger partial charge in [-0.05, 0) is 60.9 Å². The van der Waals surface area contributed by atoms with Crippen molar-refractivity contribution in [1.82, 2.24) is 4.98 Å². The second-order valence-corrected chi connectivity index (χ2v) is 9.65. The summed E-state index contributed by atoms with van der Waals surface area (Å²) >= 11 is 12.2. The number of hydrogen-bond acceptors (Lipinski definition) is 3. The summed E-state index contributed by atoms with van der Waals surface area (Å²) in [6, 6.07) is 14.9. The molecule has 0 amide bonds. The topological polar surface area (TPSA) is 42.5 Å². The van der Waals surface area contributed by atoms with E-state index < -0.39 is 0 Å². The fourth-order valence-corrected chi connectivity index (χ4v) is 4.67. The second-order valence-electron chi connectivity index (χ2n) is 8.83. The molecule has 4 nitrogen and oxygen atoms in total. The maximum atomic E-state index is 6.18. The summed E-state index contributed by atoms with van der Waals surface area (Å²) in [5.74, 6) is 1.22. The Balaban J connectivity index is 1.31. The Labute approximate surface area is 188 Å². The van der Waals surface area contributed by atoms with Crippen LogP contribution in [0.15, 0.2) is 46.9 Å². The van der Waals surface area contributed by atoms with Crippen molar-refractivity contribution in [2.45, 2.75) is 39.2 Å². The SMILES string of the molecule is CC(C)C(C[NH+]1CCC(Cc2ccc(Cl)c(Cl)c2)CC1)Nc1nc2ccccc2o1. The zero-order valence-electron chi connectivity index (χ0n) is 17.6. The molecule has 1 aliphatic heterocycles. The van der Waals surface area contributed by atoms with E-state index in [4.69, 9.17) is 27.6 Å². The number of hydrogen-bond donors (Lipinski definition) is 2. The Bertz CT molecular complexity index is 946. The molecule has 2 aromatic carbocycles. The highest BCUT2D eigenvalue weighted by molar-refractivity contribution is 6.42. The number of para-hydroxylation sites is 2. The van der Waals surface area contributed by atoms with Crippen LogP contribution in [0.3, 0.4) is 0 Å². The molecule has 0 radical (unpaired) electrons. The van der Waals surface area contributed by atoms with Gasteiger partial charge in [0.25, 0.3) is 6.01 Å². The van der Waals surface area contributed by atoms with E-state index in [1.165, 1.54) is 31.5 Å². The molecule has 1 fully saturated rings. The number of anilines is 1. The van der Waals surface area contributed by atoms with Crippen LogP contribution in [0.1, 0.15) is 32.3 Å². The van der Waals surface area contributed by atoms with E-state index in [2.05, 4.69) is 30.2 Å². The lowest BCUT2D eigenvalue weighted by molar-refractivity contribution is -0.907. The highest BCUT2D eigenvalue weighted by Gasteiger charge is 2.27. The number of nitrogens with zero attached hydrogens (tertiary/aromatic N) is 1. The number of quaternary nitrogens is 1. The van der Waals surface area contributed by atoms with Crippen molar-refractivity contribution in [2.24, 2.45) is 11.8 Å². The minimum absolute atomic E-state index is 0.333. The molecule has 0 bridgehead atoms. The highest BCUT2D eigenvalue weighted by atomic mass is 35.5. The van der Waals surface area contributed by atoms with Gasteiger partial charge in [0, 0.05) is 0 Å². The van der Waals surface area contributed by atoms with Gasteiger partial charge in [-0.15, -0.1) is 0 Å². The highest BCUT2D eigenvalue weighted by Crippen LogP contribution is 2.25. The molecule has 0 spiro atoms. The molecule has 0 aliphatic carbocycles. The van der Waals surface area contributed by atoms with Crippen LogP contribution < -0.4 is 10.2 Å². The lowest BCUT2D eigenvalue weighted by atomic mass is 9.89. The van der Waals surface area contributed by atoms with Gasteiger partial charge >= 0.3 is 0 Å². The molecule has 2 heterocycles. The number of oxazole rings is 1. The minimum Gasteiger partial charge on any atom is -0.424 e. The number of halogens is 2. The standard InChI is InChI=1S/C24H29Cl2N3O/c1-16(2)22(28-24-27-21-5-3-4-6-23(21)30-24)15-29-11-9-17(10-12-29)13-18-7-8-19(25)20(26)14-18/h3-8,14,16-17,22H,9-13,15H2,1-2H3,(H,27,28)/p+1. The Morgan fingerprint density at radius 2 is 1.87 bits per heavy atom. The first-order valence-corrected chi connectivity index (χ1v) is 11.6. The summed E-state index contributed by atoms with van der Waals surface area (Å²) < 4.78 is 5.89. The molecule has 1 aliphatic rings. The molecule has 3 aromatic rings. The van der Waals surface area contributed by atoms with Gasteiger partial charge in [0.05, 0.1) is 35.7 Å². The number of benzene rings is 2. The average Bonchev–Trinajstić information content (AvgIpc) is 3.14. The van der Waals surface area contributed by atoms with E-state index in [0.717, 1.165) is 24.1 Å². The minimum atomic E-state index is 0.333. The van der Waals surface area contributed by atoms with E-state index in [0.29, 0.717) is 33.9 Å². The van der Waals surface area contributed by atoms with E-state index in [9.17, 15) is 0 Å². The smallest absolute Gasteiger partial charge is 0.296 e. The Morgan fingerprint density at radius 3 is 2.57 bits per heavy atom. The summed E-state index contributed by atoms with van der Waals surface area (Å²) in [5, 5.41) is 4.84. The van der Waals surface area contributed by atoms with Gasteiger partial charge in [-0.1, -0.05) is 55.2 Å². The summed E-state index contributed by atoms with van der Waals surface area (Å²) in [6.45, 7) is 8.00. The number of piperidine rings is 1. The molecule has 1 atom stereocenters. The van der Waals surface area contributed by atoms with E-state index in [-0.39, 0.29) is 0 Å². The lowest BCUT2D eigenvalue weighted by Crippen LogP contribution is -3.14. The predicted molar refractivity (Wildman–Crippen MR) is 125 cm³/mol. The first-order valence-electron chi connectivity index (χ1n) is 10.9. The van der Waals surface area contributed by atoms with E-state index in [1.54, 1.807) is 4.90 Å². The number of likely N-dealkylation sites (tertiary alicyclic amines) is 1. The van der Waals surface area contributed by atoms with Gasteiger partial charge in [0.2, 0.25) is 0 Å². The van der Waals surface area contributed by atoms with Gasteiger partial charge < -0.3 is 14.6 Å². The van der Waals surface area contributed by atoms with Crippen LogP contribution in [0.2, 0.25) is 10.0 Å². The zero-order chi connectivity index (χ0) is 21.1. The van der Waals surface area contributed by atoms with Crippen molar-refractivity contribution in [3.8, 4) is 0 Å². The van der Waals surface area contributed by atoms with Gasteiger partial charge in [-0.25, -0.2) is 0 Å². The van der Waals surface area contributed by atoms with Crippen LogP contribution in [0.25, 0.3) is 11.1 Å². The van der Waals surface area contributed by atoms with Crippen LogP contribution in [0.5, 0.6) is 0 Å². The third kappa shape index (κ3) is 5.29. The summed E-state index contributed by atoms with van der Waals surface area (Å²) in [6.07, 6.45) is 3.56. The van der Waals surface area contributed by atoms with E-state index >= 15 is 0 Å². The third-order valence-electron chi connectivity index (χ3n) is 6.24. The van der Waals surface area contributed by atoms with Gasteiger partial charge in [-0.3, -0.25) is 0 Å². The quantitative estimate of drug-likeness (QED) is 0.529. The fraction of sp³-hybridized carbons (Fsp3) is 0.458. The average molecular weight is 447 g/mol. The third-order valence-corrected chi connectivity index (χ3v) is 6.98. The van der Waals surface area contributed by atoms with Gasteiger partial charge in [0.1, 0.15) is 5.52 Å². The molecule has 1 saturated heterocycles. The number of fused-ring (bicyclic) bond motifs is 1. The lowest BCUT2D eigenvalue weighted by Gasteiger charge is -2.33. The maximum Gasteiger partial charge on any atom is 0.296 e. The van der Waals surface area contributed by atoms with Crippen LogP contribution in [-0.2, 0) is 6.42 Å². The molecule has 2 N–H and O–H groups in total. The normalized spacial score (nSPS) is 20.6. The molecule has 4 rings (SSSR count). The molecule has 1 aromatic heterocycles. The Hall–Kier alpha value is -1.75. The second kappa shape index (κ2) is 9.59. The van der Waals surface area contributed by atoms with Crippen LogP contribution >= 0.6 is 23.2 Å². The number of nitrogens with one attached hydrogen (secondary N) is 2. The van der Waals surface area contributed by atoms with Crippen molar-refractivity contribution in [1.29, 1.82) is 0 Å². The molecule has 0 saturated carbocycles. The summed E-state index contributed by atoms with van der Waals surface area (Å²) in [7, 11) is 0. The number of rotatable bonds is 7. The van der Waals surface area contributed by atoms with E-state index in [1.807, 2.05) is 36.4 Å².